The number of nitrogens with two attached hydrogens (primary N) is 1. The van der Waals surface area contributed by atoms with E-state index in [1.807, 2.05) is 19.9 Å². The molecular weight excluding hydrogens is 122 g/mol. The highest BCUT2D eigenvalue weighted by atomic mass is 14.8. The van der Waals surface area contributed by atoms with Gasteiger partial charge in [-0.05, 0) is 32.3 Å². The third-order valence-electron chi connectivity index (χ3n) is 2.02. The van der Waals surface area contributed by atoms with E-state index < -0.39 is 0 Å². The summed E-state index contributed by atoms with van der Waals surface area (Å²) in [6.07, 6.45) is 8.55. The second-order valence-electron chi connectivity index (χ2n) is 2.90. The van der Waals surface area contributed by atoms with E-state index in [9.17, 15) is 0 Å². The van der Waals surface area contributed by atoms with Crippen molar-refractivity contribution < 1.29 is 0 Å². The third kappa shape index (κ3) is 1.29. The van der Waals surface area contributed by atoms with Crippen LogP contribution in [0, 0.1) is 0 Å². The van der Waals surface area contributed by atoms with Crippen LogP contribution in [0.3, 0.4) is 0 Å². The zero-order chi connectivity index (χ0) is 7.61. The number of hydrogen-bond donors (Lipinski definition) is 1. The summed E-state index contributed by atoms with van der Waals surface area (Å²) in [5.41, 5.74) is 7.30. The second kappa shape index (κ2) is 2.59. The average molecular weight is 137 g/mol. The monoisotopic (exact) mass is 137 g/mol. The van der Waals surface area contributed by atoms with Gasteiger partial charge in [0, 0.05) is 5.54 Å². The largest absolute Gasteiger partial charge is 0.321 e. The fraction of sp³-hybridized carbons (Fsp3) is 0.556. The first-order chi connectivity index (χ1) is 4.73. The first kappa shape index (κ1) is 7.55. The van der Waals surface area contributed by atoms with Crippen molar-refractivity contribution >= 4 is 0 Å². The second-order valence-corrected chi connectivity index (χ2v) is 2.90. The van der Waals surface area contributed by atoms with Gasteiger partial charge in [-0.1, -0.05) is 18.2 Å². The summed E-state index contributed by atoms with van der Waals surface area (Å²) < 4.78 is 0. The van der Waals surface area contributed by atoms with Gasteiger partial charge in [-0.3, -0.25) is 0 Å². The molecule has 1 saturated carbocycles. The molecule has 56 valence electrons. The fourth-order valence-electron chi connectivity index (χ4n) is 1.15. The minimum Gasteiger partial charge on any atom is -0.321 e. The zero-order valence-electron chi connectivity index (χ0n) is 6.72. The van der Waals surface area contributed by atoms with Crippen molar-refractivity contribution in [2.75, 3.05) is 0 Å². The highest BCUT2D eigenvalue weighted by Crippen LogP contribution is 2.39. The van der Waals surface area contributed by atoms with E-state index in [0.717, 1.165) is 12.8 Å². The van der Waals surface area contributed by atoms with Gasteiger partial charge in [-0.15, -0.1) is 0 Å². The highest BCUT2D eigenvalue weighted by Gasteiger charge is 2.40. The Balaban J connectivity index is 2.67. The van der Waals surface area contributed by atoms with Crippen molar-refractivity contribution in [2.24, 2.45) is 5.73 Å². The lowest BCUT2D eigenvalue weighted by atomic mass is 10.1. The van der Waals surface area contributed by atoms with Crippen LogP contribution in [0.2, 0.25) is 0 Å². The molecule has 2 N–H and O–H groups in total. The summed E-state index contributed by atoms with van der Waals surface area (Å²) in [7, 11) is 0. The van der Waals surface area contributed by atoms with Gasteiger partial charge >= 0.3 is 0 Å². The molecule has 0 aromatic rings. The Kier molecular flexibility index (Phi) is 1.95. The van der Waals surface area contributed by atoms with Gasteiger partial charge < -0.3 is 5.73 Å². The van der Waals surface area contributed by atoms with Crippen molar-refractivity contribution in [2.45, 2.75) is 32.2 Å². The van der Waals surface area contributed by atoms with Crippen LogP contribution in [0.4, 0.5) is 0 Å². The van der Waals surface area contributed by atoms with E-state index in [-0.39, 0.29) is 5.54 Å². The summed E-state index contributed by atoms with van der Waals surface area (Å²) >= 11 is 0. The normalized spacial score (nSPS) is 23.7. The molecule has 0 amide bonds. The predicted octanol–water partition coefficient (Wildman–Crippen LogP) is 2.00. The molecule has 0 saturated heterocycles. The maximum absolute atomic E-state index is 5.97. The zero-order valence-corrected chi connectivity index (χ0v) is 6.72. The molecule has 0 unspecified atom stereocenters. The van der Waals surface area contributed by atoms with Crippen molar-refractivity contribution in [1.82, 2.24) is 0 Å². The van der Waals surface area contributed by atoms with E-state index in [4.69, 9.17) is 5.73 Å². The molecule has 0 spiro atoms. The summed E-state index contributed by atoms with van der Waals surface area (Å²) in [6.45, 7) is 4.07. The molecule has 1 fully saturated rings. The molecular formula is C9H15N. The van der Waals surface area contributed by atoms with Crippen LogP contribution in [0.15, 0.2) is 23.8 Å². The van der Waals surface area contributed by atoms with Crippen LogP contribution in [-0.2, 0) is 0 Å². The molecule has 1 nitrogen and oxygen atoms in total. The summed E-state index contributed by atoms with van der Waals surface area (Å²) in [5.74, 6) is 0. The van der Waals surface area contributed by atoms with Crippen molar-refractivity contribution in [3.63, 3.8) is 0 Å². The van der Waals surface area contributed by atoms with Crippen molar-refractivity contribution in [3.05, 3.63) is 23.8 Å². The van der Waals surface area contributed by atoms with Crippen molar-refractivity contribution in [3.8, 4) is 0 Å². The van der Waals surface area contributed by atoms with E-state index in [0.29, 0.717) is 0 Å². The van der Waals surface area contributed by atoms with Crippen LogP contribution in [0.5, 0.6) is 0 Å². The van der Waals surface area contributed by atoms with Crippen LogP contribution in [0.25, 0.3) is 0 Å². The van der Waals surface area contributed by atoms with E-state index in [1.54, 1.807) is 0 Å². The van der Waals surface area contributed by atoms with Gasteiger partial charge in [0.15, 0.2) is 0 Å². The van der Waals surface area contributed by atoms with Crippen LogP contribution < -0.4 is 5.73 Å². The predicted molar refractivity (Wildman–Crippen MR) is 44.7 cm³/mol. The first-order valence-corrected chi connectivity index (χ1v) is 3.81. The minimum atomic E-state index is 0.0429. The molecule has 1 rings (SSSR count). The smallest absolute Gasteiger partial charge is 0.0407 e. The Labute approximate surface area is 62.6 Å². The minimum absolute atomic E-state index is 0.0429. The fourth-order valence-corrected chi connectivity index (χ4v) is 1.15. The average Bonchev–Trinajstić information content (AvgIpc) is 2.64. The number of hydrogen-bond acceptors (Lipinski definition) is 1. The topological polar surface area (TPSA) is 26.0 Å². The van der Waals surface area contributed by atoms with E-state index in [2.05, 4.69) is 12.2 Å². The molecule has 1 aliphatic carbocycles. The van der Waals surface area contributed by atoms with Gasteiger partial charge in [-0.25, -0.2) is 0 Å². The van der Waals surface area contributed by atoms with Crippen LogP contribution >= 0.6 is 0 Å². The van der Waals surface area contributed by atoms with Gasteiger partial charge in [0.2, 0.25) is 0 Å². The molecule has 0 radical (unpaired) electrons. The van der Waals surface area contributed by atoms with Crippen molar-refractivity contribution in [1.29, 1.82) is 0 Å². The van der Waals surface area contributed by atoms with Gasteiger partial charge in [0.1, 0.15) is 0 Å². The van der Waals surface area contributed by atoms with Gasteiger partial charge in [-0.2, -0.15) is 0 Å². The van der Waals surface area contributed by atoms with Crippen LogP contribution in [0.1, 0.15) is 26.7 Å². The SMILES string of the molecule is C/C=C\C(=C/C)C1(N)CC1. The molecule has 0 bridgehead atoms. The standard InChI is InChI=1S/C9H15N/c1-3-5-8(4-2)9(10)6-7-9/h3-5H,6-7,10H2,1-2H3/b5-3-,8-4+. The summed E-state index contributed by atoms with van der Waals surface area (Å²) in [6, 6.07) is 0. The number of rotatable bonds is 2. The molecule has 10 heavy (non-hydrogen) atoms. The molecule has 0 aromatic heterocycles. The van der Waals surface area contributed by atoms with E-state index >= 15 is 0 Å². The maximum atomic E-state index is 5.97. The third-order valence-corrected chi connectivity index (χ3v) is 2.02. The molecule has 1 aliphatic rings. The maximum Gasteiger partial charge on any atom is 0.0407 e. The molecule has 0 aromatic carbocycles. The molecule has 0 aliphatic heterocycles. The Bertz CT molecular complexity index is 173. The lowest BCUT2D eigenvalue weighted by Gasteiger charge is -2.08. The Morgan fingerprint density at radius 2 is 2.00 bits per heavy atom. The summed E-state index contributed by atoms with van der Waals surface area (Å²) in [4.78, 5) is 0. The highest BCUT2D eigenvalue weighted by molar-refractivity contribution is 5.35. The lowest BCUT2D eigenvalue weighted by molar-refractivity contribution is 0.813. The Morgan fingerprint density at radius 1 is 1.40 bits per heavy atom. The van der Waals surface area contributed by atoms with Gasteiger partial charge in [0.05, 0.1) is 0 Å². The molecule has 0 atom stereocenters. The Morgan fingerprint density at radius 3 is 2.30 bits per heavy atom. The van der Waals surface area contributed by atoms with Gasteiger partial charge in [0.25, 0.3) is 0 Å². The van der Waals surface area contributed by atoms with Crippen LogP contribution in [-0.4, -0.2) is 5.54 Å². The van der Waals surface area contributed by atoms with E-state index in [1.165, 1.54) is 5.57 Å². The molecule has 1 heteroatoms. The number of allylic oxidation sites excluding steroid dienone is 2. The summed E-state index contributed by atoms with van der Waals surface area (Å²) in [5, 5.41) is 0. The quantitative estimate of drug-likeness (QED) is 0.579. The Hall–Kier alpha value is -0.560. The first-order valence-electron chi connectivity index (χ1n) is 3.81. The molecule has 0 heterocycles. The lowest BCUT2D eigenvalue weighted by Crippen LogP contribution is -2.23.